The molecule has 1 rings (SSSR count). The molecule has 0 amide bonds. The van der Waals surface area contributed by atoms with Crippen LogP contribution in [-0.2, 0) is 11.2 Å². The van der Waals surface area contributed by atoms with Crippen molar-refractivity contribution < 1.29 is 14.3 Å². The zero-order chi connectivity index (χ0) is 11.6. The van der Waals surface area contributed by atoms with Gasteiger partial charge in [-0.1, -0.05) is 18.2 Å². The molecule has 0 unspecified atom stereocenters. The fourth-order valence-corrected chi connectivity index (χ4v) is 1.41. The average molecular weight is 229 g/mol. The van der Waals surface area contributed by atoms with Crippen LogP contribution in [0.15, 0.2) is 24.3 Å². The van der Waals surface area contributed by atoms with Crippen molar-refractivity contribution in [3.8, 4) is 0 Å². The molecular formula is C11H10ClFO2. The molecule has 0 aliphatic heterocycles. The van der Waals surface area contributed by atoms with Crippen LogP contribution in [0.2, 0.25) is 5.02 Å². The molecule has 0 fully saturated rings. The van der Waals surface area contributed by atoms with Crippen LogP contribution in [0.5, 0.6) is 0 Å². The van der Waals surface area contributed by atoms with Gasteiger partial charge in [-0.25, -0.2) is 9.18 Å². The quantitative estimate of drug-likeness (QED) is 0.808. The molecule has 0 aliphatic carbocycles. The lowest BCUT2D eigenvalue weighted by atomic mass is 10.0. The van der Waals surface area contributed by atoms with E-state index in [0.29, 0.717) is 16.1 Å². The number of hydrogen-bond acceptors (Lipinski definition) is 1. The van der Waals surface area contributed by atoms with Gasteiger partial charge in [-0.3, -0.25) is 0 Å². The SMILES string of the molecule is C=C(Cc1cc(F)c(C)cc1Cl)C(=O)O. The van der Waals surface area contributed by atoms with Crippen molar-refractivity contribution in [3.05, 3.63) is 46.3 Å². The van der Waals surface area contributed by atoms with Crippen molar-refractivity contribution in [2.45, 2.75) is 13.3 Å². The number of hydrogen-bond donors (Lipinski definition) is 1. The lowest BCUT2D eigenvalue weighted by Crippen LogP contribution is -2.03. The number of halogens is 2. The van der Waals surface area contributed by atoms with Gasteiger partial charge in [-0.2, -0.15) is 0 Å². The van der Waals surface area contributed by atoms with E-state index >= 15 is 0 Å². The van der Waals surface area contributed by atoms with Crippen LogP contribution in [0.25, 0.3) is 0 Å². The zero-order valence-corrected chi connectivity index (χ0v) is 8.94. The fourth-order valence-electron chi connectivity index (χ4n) is 1.13. The maximum Gasteiger partial charge on any atom is 0.331 e. The fraction of sp³-hybridized carbons (Fsp3) is 0.182. The van der Waals surface area contributed by atoms with E-state index in [1.54, 1.807) is 6.92 Å². The summed E-state index contributed by atoms with van der Waals surface area (Å²) in [5.41, 5.74) is 0.858. The van der Waals surface area contributed by atoms with Gasteiger partial charge in [0.15, 0.2) is 0 Å². The lowest BCUT2D eigenvalue weighted by Gasteiger charge is -2.06. The van der Waals surface area contributed by atoms with Crippen molar-refractivity contribution in [1.82, 2.24) is 0 Å². The van der Waals surface area contributed by atoms with Crippen molar-refractivity contribution >= 4 is 17.6 Å². The number of carboxylic acids is 1. The van der Waals surface area contributed by atoms with E-state index in [-0.39, 0.29) is 12.0 Å². The molecule has 0 spiro atoms. The van der Waals surface area contributed by atoms with Gasteiger partial charge in [-0.05, 0) is 30.2 Å². The molecule has 4 heteroatoms. The highest BCUT2D eigenvalue weighted by Gasteiger charge is 2.10. The Morgan fingerprint density at radius 1 is 1.60 bits per heavy atom. The summed E-state index contributed by atoms with van der Waals surface area (Å²) < 4.78 is 13.2. The van der Waals surface area contributed by atoms with Crippen LogP contribution in [0.1, 0.15) is 11.1 Å². The molecule has 1 aromatic carbocycles. The van der Waals surface area contributed by atoms with Crippen molar-refractivity contribution in [1.29, 1.82) is 0 Å². The molecule has 0 bridgehead atoms. The Balaban J connectivity index is 3.01. The number of benzene rings is 1. The summed E-state index contributed by atoms with van der Waals surface area (Å²) >= 11 is 5.85. The van der Waals surface area contributed by atoms with E-state index < -0.39 is 11.8 Å². The first-order valence-corrected chi connectivity index (χ1v) is 4.65. The second-order valence-corrected chi connectivity index (χ2v) is 3.69. The topological polar surface area (TPSA) is 37.3 Å². The maximum atomic E-state index is 13.2. The maximum absolute atomic E-state index is 13.2. The Bertz CT molecular complexity index is 427. The molecule has 0 aliphatic rings. The molecule has 0 saturated carbocycles. The predicted octanol–water partition coefficient (Wildman–Crippen LogP) is 2.97. The Morgan fingerprint density at radius 3 is 2.73 bits per heavy atom. The molecular weight excluding hydrogens is 219 g/mol. The standard InChI is InChI=1S/C11H10ClFO2/c1-6-4-9(12)8(5-10(6)13)3-7(2)11(14)15/h4-5H,2-3H2,1H3,(H,14,15). The third kappa shape index (κ3) is 2.80. The highest BCUT2D eigenvalue weighted by atomic mass is 35.5. The molecule has 0 saturated heterocycles. The van der Waals surface area contributed by atoms with Crippen molar-refractivity contribution in [3.63, 3.8) is 0 Å². The Morgan fingerprint density at radius 2 is 2.20 bits per heavy atom. The van der Waals surface area contributed by atoms with Gasteiger partial charge in [0.2, 0.25) is 0 Å². The Labute approximate surface area is 92.0 Å². The summed E-state index contributed by atoms with van der Waals surface area (Å²) in [5.74, 6) is -1.50. The molecule has 0 radical (unpaired) electrons. The Hall–Kier alpha value is -1.35. The average Bonchev–Trinajstić information content (AvgIpc) is 2.13. The first-order valence-electron chi connectivity index (χ1n) is 4.27. The van der Waals surface area contributed by atoms with Crippen LogP contribution < -0.4 is 0 Å². The molecule has 80 valence electrons. The minimum Gasteiger partial charge on any atom is -0.478 e. The molecule has 1 N–H and O–H groups in total. The van der Waals surface area contributed by atoms with Crippen LogP contribution in [-0.4, -0.2) is 11.1 Å². The van der Waals surface area contributed by atoms with E-state index in [9.17, 15) is 9.18 Å². The van der Waals surface area contributed by atoms with Crippen LogP contribution >= 0.6 is 11.6 Å². The van der Waals surface area contributed by atoms with Gasteiger partial charge < -0.3 is 5.11 Å². The number of rotatable bonds is 3. The van der Waals surface area contributed by atoms with Crippen LogP contribution in [0, 0.1) is 12.7 Å². The summed E-state index contributed by atoms with van der Waals surface area (Å²) in [5, 5.41) is 8.98. The minimum absolute atomic E-state index is 0.0137. The monoisotopic (exact) mass is 228 g/mol. The summed E-state index contributed by atoms with van der Waals surface area (Å²) in [6, 6.07) is 2.72. The normalized spacial score (nSPS) is 10.1. The number of aryl methyl sites for hydroxylation is 1. The van der Waals surface area contributed by atoms with E-state index in [4.69, 9.17) is 16.7 Å². The van der Waals surface area contributed by atoms with Gasteiger partial charge >= 0.3 is 5.97 Å². The molecule has 2 nitrogen and oxygen atoms in total. The molecule has 0 atom stereocenters. The van der Waals surface area contributed by atoms with E-state index in [0.717, 1.165) is 0 Å². The first-order chi connectivity index (χ1) is 6.91. The minimum atomic E-state index is -1.10. The van der Waals surface area contributed by atoms with E-state index in [1.165, 1.54) is 12.1 Å². The highest BCUT2D eigenvalue weighted by Crippen LogP contribution is 2.22. The van der Waals surface area contributed by atoms with Gasteiger partial charge in [-0.15, -0.1) is 0 Å². The van der Waals surface area contributed by atoms with Gasteiger partial charge in [0.1, 0.15) is 5.82 Å². The zero-order valence-electron chi connectivity index (χ0n) is 8.18. The highest BCUT2D eigenvalue weighted by molar-refractivity contribution is 6.31. The third-order valence-corrected chi connectivity index (χ3v) is 2.39. The van der Waals surface area contributed by atoms with Crippen LogP contribution in [0.4, 0.5) is 4.39 Å². The summed E-state index contributed by atoms with van der Waals surface area (Å²) in [7, 11) is 0. The first kappa shape index (κ1) is 11.7. The van der Waals surface area contributed by atoms with Gasteiger partial charge in [0, 0.05) is 17.0 Å². The predicted molar refractivity (Wildman–Crippen MR) is 56.6 cm³/mol. The molecule has 1 aromatic rings. The van der Waals surface area contributed by atoms with Crippen LogP contribution in [0.3, 0.4) is 0 Å². The molecule has 0 aromatic heterocycles. The third-order valence-electron chi connectivity index (χ3n) is 2.03. The molecule has 15 heavy (non-hydrogen) atoms. The summed E-state index contributed by atoms with van der Waals surface area (Å²) in [4.78, 5) is 10.5. The van der Waals surface area contributed by atoms with E-state index in [1.807, 2.05) is 0 Å². The Kier molecular flexibility index (Phi) is 3.48. The smallest absolute Gasteiger partial charge is 0.331 e. The number of carbonyl (C=O) groups is 1. The number of aliphatic carboxylic acids is 1. The van der Waals surface area contributed by atoms with Crippen molar-refractivity contribution in [2.24, 2.45) is 0 Å². The van der Waals surface area contributed by atoms with Crippen molar-refractivity contribution in [2.75, 3.05) is 0 Å². The van der Waals surface area contributed by atoms with Gasteiger partial charge in [0.25, 0.3) is 0 Å². The lowest BCUT2D eigenvalue weighted by molar-refractivity contribution is -0.132. The molecule has 0 heterocycles. The second kappa shape index (κ2) is 4.45. The largest absolute Gasteiger partial charge is 0.478 e. The summed E-state index contributed by atoms with van der Waals surface area (Å²) in [6.07, 6.45) is 0.0470. The summed E-state index contributed by atoms with van der Waals surface area (Å²) in [6.45, 7) is 4.96. The van der Waals surface area contributed by atoms with E-state index in [2.05, 4.69) is 6.58 Å². The van der Waals surface area contributed by atoms with Gasteiger partial charge in [0.05, 0.1) is 0 Å². The number of carboxylic acid groups (broad SMARTS) is 1. The second-order valence-electron chi connectivity index (χ2n) is 3.28.